The Morgan fingerprint density at radius 1 is 1.26 bits per heavy atom. The van der Waals surface area contributed by atoms with Gasteiger partial charge in [0.05, 0.1) is 12.6 Å². The molecule has 1 atom stereocenters. The molecule has 0 aliphatic rings. The number of ether oxygens (including phenoxy) is 1. The largest absolute Gasteiger partial charge is 0.497 e. The second-order valence-corrected chi connectivity index (χ2v) is 5.32. The van der Waals surface area contributed by atoms with Gasteiger partial charge >= 0.3 is 0 Å². The maximum absolute atomic E-state index is 5.97. The Morgan fingerprint density at radius 3 is 2.58 bits per heavy atom. The average Bonchev–Trinajstić information content (AvgIpc) is 2.38. The molecule has 0 bridgehead atoms. The second-order valence-electron chi connectivity index (χ2n) is 5.32. The maximum Gasteiger partial charge on any atom is 0.119 e. The van der Waals surface area contributed by atoms with Crippen LogP contribution in [-0.4, -0.2) is 18.6 Å². The molecule has 1 heterocycles. The van der Waals surface area contributed by atoms with Gasteiger partial charge in [-0.05, 0) is 55.1 Å². The Hall–Kier alpha value is -1.61. The van der Waals surface area contributed by atoms with Gasteiger partial charge in [-0.15, -0.1) is 0 Å². The molecule has 102 valence electrons. The summed E-state index contributed by atoms with van der Waals surface area (Å²) in [6.45, 7) is 7.09. The fourth-order valence-electron chi connectivity index (χ4n) is 2.56. The van der Waals surface area contributed by atoms with Crippen molar-refractivity contribution < 1.29 is 4.74 Å². The number of pyridine rings is 1. The van der Waals surface area contributed by atoms with Crippen molar-refractivity contribution in [2.24, 2.45) is 11.7 Å². The Bertz CT molecular complexity index is 578. The monoisotopic (exact) mass is 258 g/mol. The molecule has 2 aromatic rings. The number of benzene rings is 1. The quantitative estimate of drug-likeness (QED) is 0.915. The van der Waals surface area contributed by atoms with Crippen LogP contribution in [0.2, 0.25) is 0 Å². The lowest BCUT2D eigenvalue weighted by molar-refractivity contribution is 0.415. The summed E-state index contributed by atoms with van der Waals surface area (Å²) >= 11 is 0. The Kier molecular flexibility index (Phi) is 4.05. The Balaban J connectivity index is 2.69. The predicted molar refractivity (Wildman–Crippen MR) is 79.7 cm³/mol. The summed E-state index contributed by atoms with van der Waals surface area (Å²) in [6.07, 6.45) is 0. The zero-order valence-corrected chi connectivity index (χ0v) is 12.1. The summed E-state index contributed by atoms with van der Waals surface area (Å²) in [5.74, 6) is 1.71. The molecule has 19 heavy (non-hydrogen) atoms. The Morgan fingerprint density at radius 2 is 2.00 bits per heavy atom. The molecule has 0 amide bonds. The van der Waals surface area contributed by atoms with E-state index < -0.39 is 0 Å². The molecule has 0 radical (unpaired) electrons. The molecule has 2 N–H and O–H groups in total. The summed E-state index contributed by atoms with van der Waals surface area (Å²) in [5.41, 5.74) is 9.29. The van der Waals surface area contributed by atoms with E-state index in [2.05, 4.69) is 31.0 Å². The fraction of sp³-hybridized carbons (Fsp3) is 0.438. The Labute approximate surface area is 114 Å². The van der Waals surface area contributed by atoms with E-state index in [9.17, 15) is 0 Å². The fourth-order valence-corrected chi connectivity index (χ4v) is 2.56. The molecule has 3 heteroatoms. The van der Waals surface area contributed by atoms with Crippen LogP contribution in [0.25, 0.3) is 10.9 Å². The minimum Gasteiger partial charge on any atom is -0.497 e. The van der Waals surface area contributed by atoms with Gasteiger partial charge in [-0.2, -0.15) is 0 Å². The number of nitrogens with zero attached hydrogens (tertiary/aromatic N) is 1. The minimum atomic E-state index is 0.344. The molecule has 1 aromatic carbocycles. The van der Waals surface area contributed by atoms with E-state index in [0.717, 1.165) is 22.3 Å². The maximum atomic E-state index is 5.97. The van der Waals surface area contributed by atoms with Crippen molar-refractivity contribution in [1.82, 2.24) is 4.98 Å². The molecule has 0 saturated heterocycles. The molecule has 0 fully saturated rings. The van der Waals surface area contributed by atoms with Gasteiger partial charge in [0.2, 0.25) is 0 Å². The highest BCUT2D eigenvalue weighted by atomic mass is 16.5. The lowest BCUT2D eigenvalue weighted by Crippen LogP contribution is -2.18. The van der Waals surface area contributed by atoms with E-state index in [1.54, 1.807) is 7.11 Å². The van der Waals surface area contributed by atoms with E-state index in [0.29, 0.717) is 18.4 Å². The van der Waals surface area contributed by atoms with Crippen LogP contribution in [0.1, 0.15) is 31.0 Å². The summed E-state index contributed by atoms with van der Waals surface area (Å²) in [5, 5.41) is 1.15. The summed E-state index contributed by atoms with van der Waals surface area (Å²) in [6, 6.07) is 8.17. The van der Waals surface area contributed by atoms with Crippen molar-refractivity contribution >= 4 is 10.9 Å². The van der Waals surface area contributed by atoms with Gasteiger partial charge in [0.15, 0.2) is 0 Å². The van der Waals surface area contributed by atoms with Crippen molar-refractivity contribution in [3.05, 3.63) is 35.5 Å². The van der Waals surface area contributed by atoms with Gasteiger partial charge < -0.3 is 10.5 Å². The number of hydrogen-bond donors (Lipinski definition) is 1. The number of methoxy groups -OCH3 is 1. The van der Waals surface area contributed by atoms with Crippen LogP contribution in [0, 0.1) is 12.8 Å². The van der Waals surface area contributed by atoms with Crippen molar-refractivity contribution in [2.45, 2.75) is 26.7 Å². The van der Waals surface area contributed by atoms with Crippen molar-refractivity contribution in [2.75, 3.05) is 13.7 Å². The molecule has 0 aliphatic heterocycles. The highest BCUT2D eigenvalue weighted by Gasteiger charge is 2.18. The van der Waals surface area contributed by atoms with Crippen LogP contribution in [0.15, 0.2) is 24.3 Å². The first-order chi connectivity index (χ1) is 9.06. The second kappa shape index (κ2) is 5.57. The SMILES string of the molecule is COc1ccc2nc(C)cc(C(CN)C(C)C)c2c1. The topological polar surface area (TPSA) is 48.1 Å². The standard InChI is InChI=1S/C16H22N2O/c1-10(2)15(9-17)13-7-11(3)18-16-6-5-12(19-4)8-14(13)16/h5-8,10,15H,9,17H2,1-4H3. The van der Waals surface area contributed by atoms with Crippen LogP contribution in [0.4, 0.5) is 0 Å². The van der Waals surface area contributed by atoms with Crippen LogP contribution >= 0.6 is 0 Å². The highest BCUT2D eigenvalue weighted by molar-refractivity contribution is 5.84. The van der Waals surface area contributed by atoms with Gasteiger partial charge in [0.1, 0.15) is 5.75 Å². The van der Waals surface area contributed by atoms with E-state index in [1.807, 2.05) is 19.1 Å². The zero-order chi connectivity index (χ0) is 14.0. The van der Waals surface area contributed by atoms with E-state index in [-0.39, 0.29) is 0 Å². The smallest absolute Gasteiger partial charge is 0.119 e. The summed E-state index contributed by atoms with van der Waals surface area (Å²) in [4.78, 5) is 4.59. The van der Waals surface area contributed by atoms with Crippen molar-refractivity contribution in [1.29, 1.82) is 0 Å². The number of nitrogens with two attached hydrogens (primary N) is 1. The minimum absolute atomic E-state index is 0.344. The lowest BCUT2D eigenvalue weighted by Gasteiger charge is -2.21. The molecule has 1 unspecified atom stereocenters. The third-order valence-corrected chi connectivity index (χ3v) is 3.63. The summed E-state index contributed by atoms with van der Waals surface area (Å²) < 4.78 is 5.32. The van der Waals surface area contributed by atoms with Crippen LogP contribution in [-0.2, 0) is 0 Å². The van der Waals surface area contributed by atoms with Crippen LogP contribution < -0.4 is 10.5 Å². The van der Waals surface area contributed by atoms with Crippen molar-refractivity contribution in [3.63, 3.8) is 0 Å². The predicted octanol–water partition coefficient (Wildman–Crippen LogP) is 3.25. The summed E-state index contributed by atoms with van der Waals surface area (Å²) in [7, 11) is 1.69. The average molecular weight is 258 g/mol. The molecule has 1 aromatic heterocycles. The molecular formula is C16H22N2O. The normalized spacial score (nSPS) is 12.9. The highest BCUT2D eigenvalue weighted by Crippen LogP contribution is 2.32. The van der Waals surface area contributed by atoms with E-state index >= 15 is 0 Å². The number of fused-ring (bicyclic) bond motifs is 1. The molecular weight excluding hydrogens is 236 g/mol. The molecule has 3 nitrogen and oxygen atoms in total. The molecule has 0 aliphatic carbocycles. The number of aromatic nitrogens is 1. The van der Waals surface area contributed by atoms with Gasteiger partial charge in [0, 0.05) is 11.1 Å². The first-order valence-electron chi connectivity index (χ1n) is 6.72. The first kappa shape index (κ1) is 13.8. The van der Waals surface area contributed by atoms with Gasteiger partial charge in [-0.25, -0.2) is 0 Å². The number of rotatable bonds is 4. The number of hydrogen-bond acceptors (Lipinski definition) is 3. The van der Waals surface area contributed by atoms with E-state index in [1.165, 1.54) is 5.56 Å². The van der Waals surface area contributed by atoms with Gasteiger partial charge in [-0.1, -0.05) is 13.8 Å². The first-order valence-corrected chi connectivity index (χ1v) is 6.72. The third-order valence-electron chi connectivity index (χ3n) is 3.63. The van der Waals surface area contributed by atoms with E-state index in [4.69, 9.17) is 10.5 Å². The molecule has 0 spiro atoms. The van der Waals surface area contributed by atoms with Crippen LogP contribution in [0.5, 0.6) is 5.75 Å². The third kappa shape index (κ3) is 2.71. The molecule has 0 saturated carbocycles. The number of aryl methyl sites for hydroxylation is 1. The van der Waals surface area contributed by atoms with Crippen LogP contribution in [0.3, 0.4) is 0 Å². The van der Waals surface area contributed by atoms with Crippen molar-refractivity contribution in [3.8, 4) is 5.75 Å². The van der Waals surface area contributed by atoms with Gasteiger partial charge in [-0.3, -0.25) is 4.98 Å². The zero-order valence-electron chi connectivity index (χ0n) is 12.1. The van der Waals surface area contributed by atoms with Gasteiger partial charge in [0.25, 0.3) is 0 Å². The lowest BCUT2D eigenvalue weighted by atomic mass is 9.86. The molecule has 2 rings (SSSR count).